The molecule has 3 heterocycles. The Morgan fingerprint density at radius 1 is 1.13 bits per heavy atom. The Kier molecular flexibility index (Phi) is 8.18. The van der Waals surface area contributed by atoms with E-state index in [0.717, 1.165) is 43.4 Å². The van der Waals surface area contributed by atoms with Gasteiger partial charge in [-0.15, -0.1) is 0 Å². The van der Waals surface area contributed by atoms with Crippen molar-refractivity contribution in [3.05, 3.63) is 63.9 Å². The molecule has 5 rings (SSSR count). The zero-order valence-electron chi connectivity index (χ0n) is 22.1. The lowest BCUT2D eigenvalue weighted by atomic mass is 10.0. The average molecular weight is 552 g/mol. The van der Waals surface area contributed by atoms with E-state index >= 15 is 0 Å². The monoisotopic (exact) mass is 551 g/mol. The van der Waals surface area contributed by atoms with E-state index in [1.54, 1.807) is 41.3 Å². The van der Waals surface area contributed by atoms with Crippen molar-refractivity contribution in [2.24, 2.45) is 5.92 Å². The van der Waals surface area contributed by atoms with E-state index in [4.69, 9.17) is 11.6 Å². The highest BCUT2D eigenvalue weighted by molar-refractivity contribution is 6.31. The van der Waals surface area contributed by atoms with Gasteiger partial charge >= 0.3 is 0 Å². The quantitative estimate of drug-likeness (QED) is 0.393. The number of nitrogens with one attached hydrogen (secondary N) is 2. The van der Waals surface area contributed by atoms with E-state index in [2.05, 4.69) is 15.3 Å². The minimum atomic E-state index is -0.546. The van der Waals surface area contributed by atoms with Crippen LogP contribution in [0.3, 0.4) is 0 Å². The Bertz CT molecular complexity index is 1380. The first-order chi connectivity index (χ1) is 18.8. The molecule has 1 unspecified atom stereocenters. The number of likely N-dealkylation sites (tertiary alicyclic amines) is 2. The summed E-state index contributed by atoms with van der Waals surface area (Å²) < 4.78 is 0. The highest BCUT2D eigenvalue weighted by Crippen LogP contribution is 2.25. The molecular formula is C29H34ClN5O4. The number of aliphatic hydroxyl groups excluding tert-OH is 1. The number of amides is 3. The highest BCUT2D eigenvalue weighted by Gasteiger charge is 2.28. The number of aryl methyl sites for hydroxylation is 1. The van der Waals surface area contributed by atoms with Crippen LogP contribution in [0.4, 0.5) is 0 Å². The number of aromatic amines is 1. The van der Waals surface area contributed by atoms with E-state index in [9.17, 15) is 19.5 Å². The summed E-state index contributed by atoms with van der Waals surface area (Å²) in [6.45, 7) is 4.63. The fraction of sp³-hybridized carbons (Fsp3) is 0.448. The second-order valence-electron chi connectivity index (χ2n) is 10.6. The largest absolute Gasteiger partial charge is 0.396 e. The van der Waals surface area contributed by atoms with Gasteiger partial charge in [0.05, 0.1) is 17.1 Å². The van der Waals surface area contributed by atoms with Crippen LogP contribution in [0.25, 0.3) is 11.0 Å². The van der Waals surface area contributed by atoms with Crippen LogP contribution in [0.15, 0.2) is 36.4 Å². The number of carbonyl (C=O) groups is 3. The summed E-state index contributed by atoms with van der Waals surface area (Å²) in [6, 6.07) is 9.91. The maximum Gasteiger partial charge on any atom is 0.254 e. The van der Waals surface area contributed by atoms with Crippen molar-refractivity contribution >= 4 is 40.4 Å². The second-order valence-corrected chi connectivity index (χ2v) is 11.0. The number of benzene rings is 2. The van der Waals surface area contributed by atoms with Gasteiger partial charge in [0.25, 0.3) is 11.8 Å². The van der Waals surface area contributed by atoms with Gasteiger partial charge in [-0.3, -0.25) is 14.4 Å². The Morgan fingerprint density at radius 3 is 2.64 bits per heavy atom. The number of hydrogen-bond acceptors (Lipinski definition) is 5. The predicted molar refractivity (Wildman–Crippen MR) is 149 cm³/mol. The van der Waals surface area contributed by atoms with E-state index < -0.39 is 6.04 Å². The molecule has 39 heavy (non-hydrogen) atoms. The van der Waals surface area contributed by atoms with Crippen LogP contribution < -0.4 is 5.32 Å². The first-order valence-electron chi connectivity index (χ1n) is 13.6. The van der Waals surface area contributed by atoms with Crippen molar-refractivity contribution in [3.8, 4) is 0 Å². The lowest BCUT2D eigenvalue weighted by molar-refractivity contribution is -0.130. The van der Waals surface area contributed by atoms with Gasteiger partial charge in [0.2, 0.25) is 5.91 Å². The Morgan fingerprint density at radius 2 is 1.92 bits per heavy atom. The molecule has 3 N–H and O–H groups in total. The smallest absolute Gasteiger partial charge is 0.254 e. The third-order valence-corrected chi connectivity index (χ3v) is 7.99. The summed E-state index contributed by atoms with van der Waals surface area (Å²) in [6.07, 6.45) is 3.40. The maximum atomic E-state index is 13.4. The van der Waals surface area contributed by atoms with Crippen molar-refractivity contribution in [2.75, 3.05) is 32.8 Å². The molecule has 0 spiro atoms. The molecule has 2 atom stereocenters. The fourth-order valence-electron chi connectivity index (χ4n) is 5.45. The molecule has 2 aliphatic heterocycles. The van der Waals surface area contributed by atoms with Crippen molar-refractivity contribution in [2.45, 2.75) is 45.1 Å². The Balaban J connectivity index is 1.33. The van der Waals surface area contributed by atoms with Crippen LogP contribution in [0, 0.1) is 12.8 Å². The van der Waals surface area contributed by atoms with Gasteiger partial charge < -0.3 is 25.2 Å². The molecule has 3 aromatic rings. The zero-order valence-corrected chi connectivity index (χ0v) is 22.8. The molecule has 206 valence electrons. The molecule has 0 saturated carbocycles. The van der Waals surface area contributed by atoms with Gasteiger partial charge in [0.15, 0.2) is 0 Å². The van der Waals surface area contributed by atoms with Gasteiger partial charge in [-0.2, -0.15) is 0 Å². The normalized spacial score (nSPS) is 18.1. The number of fused-ring (bicyclic) bond motifs is 1. The summed E-state index contributed by atoms with van der Waals surface area (Å²) >= 11 is 6.15. The molecule has 0 aliphatic carbocycles. The van der Waals surface area contributed by atoms with Crippen LogP contribution in [0.5, 0.6) is 0 Å². The van der Waals surface area contributed by atoms with Gasteiger partial charge in [-0.1, -0.05) is 11.6 Å². The highest BCUT2D eigenvalue weighted by atomic mass is 35.5. The summed E-state index contributed by atoms with van der Waals surface area (Å²) in [5.74, 6) is 0.342. The zero-order chi connectivity index (χ0) is 27.5. The molecule has 9 nitrogen and oxygen atoms in total. The van der Waals surface area contributed by atoms with Crippen molar-refractivity contribution in [1.82, 2.24) is 25.1 Å². The van der Waals surface area contributed by atoms with Crippen LogP contribution in [-0.2, 0) is 4.79 Å². The predicted octanol–water partition coefficient (Wildman–Crippen LogP) is 3.85. The molecule has 0 bridgehead atoms. The second kappa shape index (κ2) is 11.8. The third kappa shape index (κ3) is 6.09. The lowest BCUT2D eigenvalue weighted by Crippen LogP contribution is -2.33. The SMILES string of the molecule is Cc1cc(C(=O)N[C@@H](CCC(=O)N2CCC(CO)C2)c2nc3ccc(Cl)cc3[nH]2)ccc1C(=O)N1CCCC1. The van der Waals surface area contributed by atoms with E-state index in [1.807, 2.05) is 11.8 Å². The van der Waals surface area contributed by atoms with Crippen molar-refractivity contribution in [1.29, 1.82) is 0 Å². The van der Waals surface area contributed by atoms with Crippen molar-refractivity contribution in [3.63, 3.8) is 0 Å². The number of aliphatic hydroxyl groups is 1. The van der Waals surface area contributed by atoms with Crippen LogP contribution in [-0.4, -0.2) is 75.4 Å². The van der Waals surface area contributed by atoms with E-state index in [1.165, 1.54) is 0 Å². The summed E-state index contributed by atoms with van der Waals surface area (Å²) in [4.78, 5) is 50.7. The molecular weight excluding hydrogens is 518 g/mol. The number of rotatable bonds is 8. The number of H-pyrrole nitrogens is 1. The van der Waals surface area contributed by atoms with Gasteiger partial charge in [-0.25, -0.2) is 4.98 Å². The van der Waals surface area contributed by atoms with Crippen LogP contribution in [0.1, 0.15) is 70.2 Å². The molecule has 2 saturated heterocycles. The first kappa shape index (κ1) is 27.1. The van der Waals surface area contributed by atoms with Gasteiger partial charge in [-0.05, 0) is 74.6 Å². The maximum absolute atomic E-state index is 13.4. The lowest BCUT2D eigenvalue weighted by Gasteiger charge is -2.20. The summed E-state index contributed by atoms with van der Waals surface area (Å²) in [5.41, 5.74) is 3.25. The number of nitrogens with zero attached hydrogens (tertiary/aromatic N) is 3. The minimum absolute atomic E-state index is 0.000340. The average Bonchev–Trinajstić information content (AvgIpc) is 3.70. The topological polar surface area (TPSA) is 119 Å². The number of halogens is 1. The number of imidazole rings is 1. The van der Waals surface area contributed by atoms with Crippen LogP contribution >= 0.6 is 11.6 Å². The molecule has 10 heteroatoms. The number of aromatic nitrogens is 2. The molecule has 2 fully saturated rings. The summed E-state index contributed by atoms with van der Waals surface area (Å²) in [7, 11) is 0. The van der Waals surface area contributed by atoms with Gasteiger partial charge in [0, 0.05) is 61.3 Å². The standard InChI is InChI=1S/C29H34ClN5O4/c1-18-14-20(4-6-22(18)29(39)34-11-2-3-12-34)28(38)33-24(8-9-26(37)35-13-10-19(16-35)17-36)27-31-23-7-5-21(30)15-25(23)32-27/h4-7,14-15,19,24,36H,2-3,8-13,16-17H2,1H3,(H,31,32)(H,33,38)/t19?,24-/m0/s1. The van der Waals surface area contributed by atoms with Crippen molar-refractivity contribution < 1.29 is 19.5 Å². The Hall–Kier alpha value is -3.43. The number of hydrogen-bond donors (Lipinski definition) is 3. The van der Waals surface area contributed by atoms with E-state index in [-0.39, 0.29) is 36.7 Å². The molecule has 3 amide bonds. The van der Waals surface area contributed by atoms with Crippen LogP contribution in [0.2, 0.25) is 5.02 Å². The minimum Gasteiger partial charge on any atom is -0.396 e. The fourth-order valence-corrected chi connectivity index (χ4v) is 5.63. The van der Waals surface area contributed by atoms with Gasteiger partial charge in [0.1, 0.15) is 5.82 Å². The molecule has 2 aromatic carbocycles. The third-order valence-electron chi connectivity index (χ3n) is 7.75. The Labute approximate surface area is 232 Å². The molecule has 0 radical (unpaired) electrons. The summed E-state index contributed by atoms with van der Waals surface area (Å²) in [5, 5.41) is 13.0. The molecule has 1 aromatic heterocycles. The van der Waals surface area contributed by atoms with E-state index in [0.29, 0.717) is 47.0 Å². The molecule has 2 aliphatic rings. The number of carbonyl (C=O) groups excluding carboxylic acids is 3. The first-order valence-corrected chi connectivity index (χ1v) is 13.9.